The average molecular weight is 419 g/mol. The number of nitrogens with zero attached hydrogens (tertiary/aromatic N) is 3. The van der Waals surface area contributed by atoms with Gasteiger partial charge in [-0.25, -0.2) is 9.97 Å². The number of hydrogen-bond acceptors (Lipinski definition) is 7. The molecule has 152 valence electrons. The number of phenols is 1. The molecule has 2 aromatic heterocycles. The zero-order valence-electron chi connectivity index (χ0n) is 16.3. The first-order valence-electron chi connectivity index (χ1n) is 9.94. The fourth-order valence-corrected chi connectivity index (χ4v) is 4.86. The summed E-state index contributed by atoms with van der Waals surface area (Å²) in [4.78, 5) is 12.2. The Bertz CT molecular complexity index is 1180. The van der Waals surface area contributed by atoms with E-state index >= 15 is 0 Å². The maximum Gasteiger partial charge on any atom is 0.151 e. The molecule has 3 heterocycles. The standard InChI is InChI=1S/C23H22N4O2S/c28-18-3-1-2-17(10-18)26-23-22-20(24-14-25-23)11-21(30-22)16-6-4-15(5-7-16)12-27-9-8-19(29)13-27/h1-7,10-11,14,19,28-29H,8-9,12-13H2,(H,24,25,26). The first-order chi connectivity index (χ1) is 14.6. The third-order valence-corrected chi connectivity index (χ3v) is 6.49. The molecule has 3 N–H and O–H groups in total. The van der Waals surface area contributed by atoms with Crippen molar-refractivity contribution in [3.05, 3.63) is 66.5 Å². The monoisotopic (exact) mass is 418 g/mol. The summed E-state index contributed by atoms with van der Waals surface area (Å²) in [7, 11) is 0. The van der Waals surface area contributed by atoms with Gasteiger partial charge in [-0.3, -0.25) is 4.90 Å². The molecular weight excluding hydrogens is 396 g/mol. The number of nitrogens with one attached hydrogen (secondary N) is 1. The van der Waals surface area contributed by atoms with Gasteiger partial charge in [-0.15, -0.1) is 11.3 Å². The number of benzene rings is 2. The number of fused-ring (bicyclic) bond motifs is 1. The summed E-state index contributed by atoms with van der Waals surface area (Å²) in [5.74, 6) is 0.937. The third-order valence-electron chi connectivity index (χ3n) is 5.31. The van der Waals surface area contributed by atoms with Crippen LogP contribution in [-0.4, -0.2) is 44.3 Å². The molecular formula is C23H22N4O2S. The first kappa shape index (κ1) is 19.0. The third kappa shape index (κ3) is 4.00. The van der Waals surface area contributed by atoms with Crippen LogP contribution in [0.15, 0.2) is 60.9 Å². The summed E-state index contributed by atoms with van der Waals surface area (Å²) < 4.78 is 0.978. The number of aromatic nitrogens is 2. The van der Waals surface area contributed by atoms with E-state index in [9.17, 15) is 10.2 Å². The van der Waals surface area contributed by atoms with Gasteiger partial charge < -0.3 is 15.5 Å². The van der Waals surface area contributed by atoms with Crippen LogP contribution in [0.3, 0.4) is 0 Å². The number of aromatic hydroxyl groups is 1. The number of rotatable bonds is 5. The molecule has 0 bridgehead atoms. The second kappa shape index (κ2) is 8.02. The van der Waals surface area contributed by atoms with Crippen molar-refractivity contribution in [3.8, 4) is 16.2 Å². The Labute approximate surface area is 178 Å². The van der Waals surface area contributed by atoms with Crippen molar-refractivity contribution in [2.45, 2.75) is 19.1 Å². The lowest BCUT2D eigenvalue weighted by Gasteiger charge is -2.14. The van der Waals surface area contributed by atoms with Crippen molar-refractivity contribution in [3.63, 3.8) is 0 Å². The molecule has 0 spiro atoms. The maximum atomic E-state index is 9.70. The van der Waals surface area contributed by atoms with Crippen molar-refractivity contribution in [1.29, 1.82) is 0 Å². The highest BCUT2D eigenvalue weighted by Crippen LogP contribution is 2.36. The van der Waals surface area contributed by atoms with Crippen molar-refractivity contribution in [2.75, 3.05) is 18.4 Å². The Kier molecular flexibility index (Phi) is 5.08. The highest BCUT2D eigenvalue weighted by atomic mass is 32.1. The predicted molar refractivity (Wildman–Crippen MR) is 120 cm³/mol. The lowest BCUT2D eigenvalue weighted by atomic mass is 10.1. The van der Waals surface area contributed by atoms with Gasteiger partial charge in [-0.1, -0.05) is 30.3 Å². The lowest BCUT2D eigenvalue weighted by molar-refractivity contribution is 0.175. The molecule has 0 saturated carbocycles. The van der Waals surface area contributed by atoms with E-state index in [1.807, 2.05) is 6.07 Å². The van der Waals surface area contributed by atoms with Gasteiger partial charge in [-0.05, 0) is 35.7 Å². The van der Waals surface area contributed by atoms with E-state index in [0.29, 0.717) is 0 Å². The first-order valence-corrected chi connectivity index (χ1v) is 10.8. The molecule has 1 unspecified atom stereocenters. The number of hydrogen-bond donors (Lipinski definition) is 3. The van der Waals surface area contributed by atoms with Crippen molar-refractivity contribution >= 4 is 33.1 Å². The number of anilines is 2. The summed E-state index contributed by atoms with van der Waals surface area (Å²) in [6, 6.07) is 17.7. The second-order valence-electron chi connectivity index (χ2n) is 7.60. The Morgan fingerprint density at radius 1 is 1.10 bits per heavy atom. The van der Waals surface area contributed by atoms with Gasteiger partial charge in [0.25, 0.3) is 0 Å². The molecule has 2 aromatic carbocycles. The van der Waals surface area contributed by atoms with Crippen LogP contribution >= 0.6 is 11.3 Å². The molecule has 30 heavy (non-hydrogen) atoms. The number of β-amino-alcohol motifs (C(OH)–C–C–N with tert-alkyl or cyclic N) is 1. The van der Waals surface area contributed by atoms with Crippen molar-refractivity contribution in [2.24, 2.45) is 0 Å². The number of thiophene rings is 1. The number of likely N-dealkylation sites (tertiary alicyclic amines) is 1. The molecule has 1 saturated heterocycles. The summed E-state index contributed by atoms with van der Waals surface area (Å²) >= 11 is 1.65. The molecule has 4 aromatic rings. The summed E-state index contributed by atoms with van der Waals surface area (Å²) in [5, 5.41) is 22.7. The fraction of sp³-hybridized carbons (Fsp3) is 0.217. The largest absolute Gasteiger partial charge is 0.508 e. The van der Waals surface area contributed by atoms with Crippen LogP contribution in [0.1, 0.15) is 12.0 Å². The minimum atomic E-state index is -0.188. The van der Waals surface area contributed by atoms with Gasteiger partial charge in [0.2, 0.25) is 0 Å². The highest BCUT2D eigenvalue weighted by molar-refractivity contribution is 7.22. The van der Waals surface area contributed by atoms with Crippen LogP contribution in [0.25, 0.3) is 20.7 Å². The zero-order valence-corrected chi connectivity index (χ0v) is 17.1. The van der Waals surface area contributed by atoms with E-state index in [1.165, 1.54) is 5.56 Å². The lowest BCUT2D eigenvalue weighted by Crippen LogP contribution is -2.21. The van der Waals surface area contributed by atoms with Gasteiger partial charge in [0.05, 0.1) is 16.3 Å². The Morgan fingerprint density at radius 2 is 1.97 bits per heavy atom. The van der Waals surface area contributed by atoms with Crippen LogP contribution in [0.4, 0.5) is 11.5 Å². The van der Waals surface area contributed by atoms with Crippen LogP contribution in [-0.2, 0) is 6.54 Å². The molecule has 6 nitrogen and oxygen atoms in total. The van der Waals surface area contributed by atoms with Crippen molar-refractivity contribution < 1.29 is 10.2 Å². The number of aliphatic hydroxyl groups excluding tert-OH is 1. The molecule has 0 aliphatic carbocycles. The SMILES string of the molecule is Oc1cccc(Nc2ncnc3cc(-c4ccc(CN5CCC(O)C5)cc4)sc23)c1. The van der Waals surface area contributed by atoms with E-state index < -0.39 is 0 Å². The molecule has 0 radical (unpaired) electrons. The molecule has 1 atom stereocenters. The van der Waals surface area contributed by atoms with Crippen LogP contribution in [0, 0.1) is 0 Å². The topological polar surface area (TPSA) is 81.5 Å². The Morgan fingerprint density at radius 3 is 2.73 bits per heavy atom. The normalized spacial score (nSPS) is 16.9. The van der Waals surface area contributed by atoms with E-state index in [4.69, 9.17) is 0 Å². The van der Waals surface area contributed by atoms with E-state index in [0.717, 1.165) is 58.2 Å². The average Bonchev–Trinajstić information content (AvgIpc) is 3.35. The van der Waals surface area contributed by atoms with Crippen LogP contribution in [0.2, 0.25) is 0 Å². The second-order valence-corrected chi connectivity index (χ2v) is 8.65. The molecule has 1 fully saturated rings. The Hall–Kier alpha value is -3.00. The molecule has 5 rings (SSSR count). The van der Waals surface area contributed by atoms with Crippen LogP contribution < -0.4 is 5.32 Å². The Balaban J connectivity index is 1.38. The minimum Gasteiger partial charge on any atom is -0.508 e. The number of aliphatic hydroxyl groups is 1. The number of phenolic OH excluding ortho intramolecular Hbond substituents is 1. The van der Waals surface area contributed by atoms with Gasteiger partial charge in [0, 0.05) is 36.3 Å². The predicted octanol–water partition coefficient (Wildman–Crippen LogP) is 4.37. The van der Waals surface area contributed by atoms with E-state index in [1.54, 1.807) is 35.9 Å². The molecule has 1 aliphatic rings. The quantitative estimate of drug-likeness (QED) is 0.446. The summed E-state index contributed by atoms with van der Waals surface area (Å²) in [6.07, 6.45) is 2.23. The van der Waals surface area contributed by atoms with Crippen LogP contribution in [0.5, 0.6) is 5.75 Å². The summed E-state index contributed by atoms with van der Waals surface area (Å²) in [5.41, 5.74) is 4.07. The van der Waals surface area contributed by atoms with Gasteiger partial charge in [0.1, 0.15) is 12.1 Å². The minimum absolute atomic E-state index is 0.188. The van der Waals surface area contributed by atoms with Gasteiger partial charge in [0.15, 0.2) is 5.82 Å². The van der Waals surface area contributed by atoms with E-state index in [2.05, 4.69) is 50.5 Å². The molecule has 0 amide bonds. The molecule has 1 aliphatic heterocycles. The van der Waals surface area contributed by atoms with Crippen molar-refractivity contribution in [1.82, 2.24) is 14.9 Å². The molecule has 7 heteroatoms. The fourth-order valence-electron chi connectivity index (χ4n) is 3.79. The summed E-state index contributed by atoms with van der Waals surface area (Å²) in [6.45, 7) is 2.58. The maximum absolute atomic E-state index is 9.70. The van der Waals surface area contributed by atoms with Gasteiger partial charge >= 0.3 is 0 Å². The van der Waals surface area contributed by atoms with E-state index in [-0.39, 0.29) is 11.9 Å². The highest BCUT2D eigenvalue weighted by Gasteiger charge is 2.20. The van der Waals surface area contributed by atoms with Gasteiger partial charge in [-0.2, -0.15) is 0 Å². The zero-order chi connectivity index (χ0) is 20.5. The smallest absolute Gasteiger partial charge is 0.151 e.